The van der Waals surface area contributed by atoms with Crippen LogP contribution in [0.2, 0.25) is 0 Å². The molecule has 14 heavy (non-hydrogen) atoms. The van der Waals surface area contributed by atoms with E-state index < -0.39 is 0 Å². The minimum Gasteiger partial charge on any atom is -0.497 e. The van der Waals surface area contributed by atoms with Gasteiger partial charge in [0.1, 0.15) is 5.75 Å². The molecule has 0 radical (unpaired) electrons. The monoisotopic (exact) mass is 192 g/mol. The van der Waals surface area contributed by atoms with E-state index in [4.69, 9.17) is 10.6 Å². The summed E-state index contributed by atoms with van der Waals surface area (Å²) in [4.78, 5) is 11.6. The minimum atomic E-state index is -0.117. The van der Waals surface area contributed by atoms with Gasteiger partial charge < -0.3 is 4.74 Å². The SMILES string of the molecule is COc1ccc2c(c1)CCN(N)C2=O. The van der Waals surface area contributed by atoms with Gasteiger partial charge in [0.2, 0.25) is 0 Å². The van der Waals surface area contributed by atoms with Gasteiger partial charge in [-0.05, 0) is 30.2 Å². The number of hydrogen-bond donors (Lipinski definition) is 1. The first-order valence-corrected chi connectivity index (χ1v) is 4.46. The average molecular weight is 192 g/mol. The van der Waals surface area contributed by atoms with Gasteiger partial charge in [-0.3, -0.25) is 9.80 Å². The van der Waals surface area contributed by atoms with Gasteiger partial charge in [0, 0.05) is 12.1 Å². The second kappa shape index (κ2) is 3.31. The van der Waals surface area contributed by atoms with Crippen molar-refractivity contribution in [3.63, 3.8) is 0 Å². The molecule has 1 heterocycles. The van der Waals surface area contributed by atoms with Crippen LogP contribution in [0.4, 0.5) is 0 Å². The Kier molecular flexibility index (Phi) is 2.13. The smallest absolute Gasteiger partial charge is 0.268 e. The summed E-state index contributed by atoms with van der Waals surface area (Å²) in [5.41, 5.74) is 1.69. The fourth-order valence-corrected chi connectivity index (χ4v) is 1.61. The summed E-state index contributed by atoms with van der Waals surface area (Å²) in [7, 11) is 1.61. The molecule has 1 aliphatic rings. The summed E-state index contributed by atoms with van der Waals surface area (Å²) < 4.78 is 5.09. The van der Waals surface area contributed by atoms with E-state index in [2.05, 4.69) is 0 Å². The van der Waals surface area contributed by atoms with E-state index in [0.29, 0.717) is 12.1 Å². The predicted molar refractivity (Wildman–Crippen MR) is 51.9 cm³/mol. The second-order valence-corrected chi connectivity index (χ2v) is 3.27. The molecule has 1 aromatic carbocycles. The van der Waals surface area contributed by atoms with Crippen molar-refractivity contribution in [2.24, 2.45) is 5.84 Å². The van der Waals surface area contributed by atoms with Gasteiger partial charge in [-0.15, -0.1) is 0 Å². The number of nitrogens with zero attached hydrogens (tertiary/aromatic N) is 1. The molecule has 2 N–H and O–H groups in total. The van der Waals surface area contributed by atoms with E-state index >= 15 is 0 Å². The van der Waals surface area contributed by atoms with E-state index in [1.165, 1.54) is 5.01 Å². The molecule has 0 fully saturated rings. The molecule has 1 aromatic rings. The first kappa shape index (κ1) is 9.02. The molecule has 0 unspecified atom stereocenters. The van der Waals surface area contributed by atoms with Crippen molar-refractivity contribution >= 4 is 5.91 Å². The standard InChI is InChI=1S/C10H12N2O2/c1-14-8-2-3-9-7(6-8)4-5-12(11)10(9)13/h2-3,6H,4-5,11H2,1H3. The van der Waals surface area contributed by atoms with Gasteiger partial charge in [0.15, 0.2) is 0 Å². The number of ether oxygens (including phenoxy) is 1. The van der Waals surface area contributed by atoms with E-state index in [0.717, 1.165) is 17.7 Å². The molecule has 0 bridgehead atoms. The Labute approximate surface area is 82.2 Å². The molecule has 4 heteroatoms. The van der Waals surface area contributed by atoms with E-state index in [1.54, 1.807) is 19.2 Å². The van der Waals surface area contributed by atoms with Crippen molar-refractivity contribution in [3.8, 4) is 5.75 Å². The second-order valence-electron chi connectivity index (χ2n) is 3.27. The third-order valence-corrected chi connectivity index (χ3v) is 2.43. The molecule has 1 aliphatic heterocycles. The van der Waals surface area contributed by atoms with Crippen LogP contribution < -0.4 is 10.6 Å². The number of hydrazine groups is 1. The van der Waals surface area contributed by atoms with Gasteiger partial charge in [0.25, 0.3) is 5.91 Å². The molecule has 0 spiro atoms. The van der Waals surface area contributed by atoms with Crippen LogP contribution in [0.1, 0.15) is 15.9 Å². The number of nitrogens with two attached hydrogens (primary N) is 1. The molecule has 0 atom stereocenters. The number of methoxy groups -OCH3 is 1. The highest BCUT2D eigenvalue weighted by Crippen LogP contribution is 2.22. The predicted octanol–water partition coefficient (Wildman–Crippen LogP) is 0.567. The number of fused-ring (bicyclic) bond motifs is 1. The lowest BCUT2D eigenvalue weighted by molar-refractivity contribution is 0.0739. The molecular weight excluding hydrogens is 180 g/mol. The normalized spacial score (nSPS) is 15.3. The Morgan fingerprint density at radius 1 is 1.50 bits per heavy atom. The highest BCUT2D eigenvalue weighted by atomic mass is 16.5. The topological polar surface area (TPSA) is 55.6 Å². The minimum absolute atomic E-state index is 0.117. The van der Waals surface area contributed by atoms with Crippen LogP contribution in [0.25, 0.3) is 0 Å². The van der Waals surface area contributed by atoms with Crippen molar-refractivity contribution in [1.82, 2.24) is 5.01 Å². The highest BCUT2D eigenvalue weighted by Gasteiger charge is 2.21. The van der Waals surface area contributed by atoms with Crippen LogP contribution in [0.5, 0.6) is 5.75 Å². The largest absolute Gasteiger partial charge is 0.497 e. The van der Waals surface area contributed by atoms with Crippen LogP contribution in [0, 0.1) is 0 Å². The first-order valence-electron chi connectivity index (χ1n) is 4.46. The van der Waals surface area contributed by atoms with Gasteiger partial charge >= 0.3 is 0 Å². The number of carbonyl (C=O) groups is 1. The Hall–Kier alpha value is -1.55. The fraction of sp³-hybridized carbons (Fsp3) is 0.300. The van der Waals surface area contributed by atoms with Crippen LogP contribution in [-0.2, 0) is 6.42 Å². The van der Waals surface area contributed by atoms with Crippen LogP contribution in [-0.4, -0.2) is 24.6 Å². The number of hydrogen-bond acceptors (Lipinski definition) is 3. The lowest BCUT2D eigenvalue weighted by Crippen LogP contribution is -2.42. The van der Waals surface area contributed by atoms with E-state index in [9.17, 15) is 4.79 Å². The summed E-state index contributed by atoms with van der Waals surface area (Å²) in [5.74, 6) is 6.18. The number of amides is 1. The third kappa shape index (κ3) is 1.33. The van der Waals surface area contributed by atoms with E-state index in [-0.39, 0.29) is 5.91 Å². The van der Waals surface area contributed by atoms with Gasteiger partial charge in [-0.2, -0.15) is 0 Å². The quantitative estimate of drug-likeness (QED) is 0.522. The average Bonchev–Trinajstić information content (AvgIpc) is 2.23. The van der Waals surface area contributed by atoms with E-state index in [1.807, 2.05) is 6.07 Å². The Bertz CT molecular complexity index is 376. The molecular formula is C10H12N2O2. The molecule has 74 valence electrons. The zero-order chi connectivity index (χ0) is 10.1. The summed E-state index contributed by atoms with van der Waals surface area (Å²) in [6, 6.07) is 5.42. The lowest BCUT2D eigenvalue weighted by atomic mass is 10.00. The lowest BCUT2D eigenvalue weighted by Gasteiger charge is -2.24. The zero-order valence-electron chi connectivity index (χ0n) is 7.99. The van der Waals surface area contributed by atoms with Crippen molar-refractivity contribution < 1.29 is 9.53 Å². The summed E-state index contributed by atoms with van der Waals surface area (Å²) in [5, 5.41) is 1.24. The van der Waals surface area contributed by atoms with Crippen molar-refractivity contribution in [2.45, 2.75) is 6.42 Å². The fourth-order valence-electron chi connectivity index (χ4n) is 1.61. The van der Waals surface area contributed by atoms with Gasteiger partial charge in [-0.25, -0.2) is 5.84 Å². The van der Waals surface area contributed by atoms with Gasteiger partial charge in [0.05, 0.1) is 7.11 Å². The van der Waals surface area contributed by atoms with Crippen molar-refractivity contribution in [3.05, 3.63) is 29.3 Å². The molecule has 4 nitrogen and oxygen atoms in total. The molecule has 0 saturated heterocycles. The summed E-state index contributed by atoms with van der Waals surface area (Å²) in [6.45, 7) is 0.568. The van der Waals surface area contributed by atoms with Crippen LogP contribution >= 0.6 is 0 Å². The maximum absolute atomic E-state index is 11.6. The number of carbonyl (C=O) groups excluding carboxylic acids is 1. The maximum atomic E-state index is 11.6. The highest BCUT2D eigenvalue weighted by molar-refractivity contribution is 5.96. The molecule has 0 saturated carbocycles. The number of benzene rings is 1. The van der Waals surface area contributed by atoms with Gasteiger partial charge in [-0.1, -0.05) is 0 Å². The third-order valence-electron chi connectivity index (χ3n) is 2.43. The Balaban J connectivity index is 2.44. The van der Waals surface area contributed by atoms with Crippen LogP contribution in [0.15, 0.2) is 18.2 Å². The molecule has 1 amide bonds. The first-order chi connectivity index (χ1) is 6.72. The Morgan fingerprint density at radius 2 is 2.29 bits per heavy atom. The molecule has 2 rings (SSSR count). The molecule has 0 aromatic heterocycles. The molecule has 0 aliphatic carbocycles. The summed E-state index contributed by atoms with van der Waals surface area (Å²) >= 11 is 0. The zero-order valence-corrected chi connectivity index (χ0v) is 7.99. The van der Waals surface area contributed by atoms with Crippen LogP contribution in [0.3, 0.4) is 0 Å². The van der Waals surface area contributed by atoms with Crippen molar-refractivity contribution in [1.29, 1.82) is 0 Å². The maximum Gasteiger partial charge on any atom is 0.268 e. The summed E-state index contributed by atoms with van der Waals surface area (Å²) in [6.07, 6.45) is 0.786. The Morgan fingerprint density at radius 3 is 3.00 bits per heavy atom. The number of rotatable bonds is 1. The van der Waals surface area contributed by atoms with Crippen molar-refractivity contribution in [2.75, 3.05) is 13.7 Å².